The fourth-order valence-electron chi connectivity index (χ4n) is 2.03. The van der Waals surface area contributed by atoms with E-state index in [1.165, 1.54) is 0 Å². The first-order chi connectivity index (χ1) is 8.04. The van der Waals surface area contributed by atoms with Crippen molar-refractivity contribution in [3.8, 4) is 0 Å². The lowest BCUT2D eigenvalue weighted by molar-refractivity contribution is 0.554. The maximum atomic E-state index is 11.9. The number of halogens is 1. The third-order valence-corrected chi connectivity index (χ3v) is 5.26. The molecule has 4 nitrogen and oxygen atoms in total. The van der Waals surface area contributed by atoms with E-state index in [4.69, 9.17) is 11.6 Å². The van der Waals surface area contributed by atoms with Crippen LogP contribution in [0.1, 0.15) is 18.4 Å². The van der Waals surface area contributed by atoms with E-state index in [0.29, 0.717) is 11.6 Å². The van der Waals surface area contributed by atoms with E-state index < -0.39 is 15.2 Å². The molecule has 1 saturated heterocycles. The van der Waals surface area contributed by atoms with Crippen LogP contribution in [0.5, 0.6) is 0 Å². The maximum absolute atomic E-state index is 11.9. The van der Waals surface area contributed by atoms with Crippen molar-refractivity contribution in [2.45, 2.75) is 18.2 Å². The van der Waals surface area contributed by atoms with Crippen molar-refractivity contribution in [1.82, 2.24) is 10.9 Å². The van der Waals surface area contributed by atoms with Gasteiger partial charge in [-0.1, -0.05) is 30.7 Å². The molecular weight excluding hydrogens is 260 g/mol. The third kappa shape index (κ3) is 2.63. The Balaban J connectivity index is 2.32. The number of rotatable bonds is 3. The first-order valence-corrected chi connectivity index (χ1v) is 7.59. The minimum atomic E-state index is -3.12. The molecule has 2 rings (SSSR count). The Morgan fingerprint density at radius 3 is 2.88 bits per heavy atom. The molecule has 0 aliphatic carbocycles. The molecule has 17 heavy (non-hydrogen) atoms. The molecule has 6 heteroatoms. The van der Waals surface area contributed by atoms with Gasteiger partial charge < -0.3 is 0 Å². The molecule has 2 unspecified atom stereocenters. The summed E-state index contributed by atoms with van der Waals surface area (Å²) in [5.74, 6) is 0.0299. The summed E-state index contributed by atoms with van der Waals surface area (Å²) in [7, 11) is -3.12. The molecule has 2 atom stereocenters. The van der Waals surface area contributed by atoms with Crippen LogP contribution in [-0.4, -0.2) is 26.1 Å². The van der Waals surface area contributed by atoms with Gasteiger partial charge in [0.25, 0.3) is 0 Å². The van der Waals surface area contributed by atoms with Crippen LogP contribution in [0.3, 0.4) is 0 Å². The number of nitrogens with one attached hydrogen (secondary N) is 2. The second kappa shape index (κ2) is 4.94. The average Bonchev–Trinajstić information content (AvgIpc) is 2.78. The summed E-state index contributed by atoms with van der Waals surface area (Å²) in [5, 5.41) is 0.0491. The van der Waals surface area contributed by atoms with E-state index in [2.05, 4.69) is 10.9 Å². The van der Waals surface area contributed by atoms with Crippen molar-refractivity contribution in [3.63, 3.8) is 0 Å². The Labute approximate surface area is 106 Å². The molecule has 0 bridgehead atoms. The highest BCUT2D eigenvalue weighted by Crippen LogP contribution is 2.27. The standard InChI is InChI=1S/C11H15ClN2O2S/c1-2-17(15,16)11-10(7-13-14-11)8-4-3-5-9(12)6-8/h3-6,10-11,13-14H,2,7H2,1H3. The van der Waals surface area contributed by atoms with E-state index >= 15 is 0 Å². The molecule has 1 aromatic rings. The zero-order valence-electron chi connectivity index (χ0n) is 9.48. The van der Waals surface area contributed by atoms with Crippen molar-refractivity contribution < 1.29 is 8.42 Å². The zero-order chi connectivity index (χ0) is 12.5. The van der Waals surface area contributed by atoms with Crippen LogP contribution in [0.25, 0.3) is 0 Å². The molecule has 94 valence electrons. The van der Waals surface area contributed by atoms with Crippen molar-refractivity contribution in [1.29, 1.82) is 0 Å². The van der Waals surface area contributed by atoms with E-state index in [1.807, 2.05) is 18.2 Å². The van der Waals surface area contributed by atoms with E-state index in [0.717, 1.165) is 5.56 Å². The highest BCUT2D eigenvalue weighted by molar-refractivity contribution is 7.92. The minimum absolute atomic E-state index is 0.0985. The normalized spacial score (nSPS) is 25.1. The van der Waals surface area contributed by atoms with Gasteiger partial charge in [0.05, 0.1) is 0 Å². The van der Waals surface area contributed by atoms with Crippen molar-refractivity contribution in [2.24, 2.45) is 0 Å². The Morgan fingerprint density at radius 1 is 1.47 bits per heavy atom. The summed E-state index contributed by atoms with van der Waals surface area (Å²) in [5.41, 5.74) is 6.69. The van der Waals surface area contributed by atoms with Crippen molar-refractivity contribution >= 4 is 21.4 Å². The summed E-state index contributed by atoms with van der Waals surface area (Å²) in [6.45, 7) is 2.24. The lowest BCUT2D eigenvalue weighted by Gasteiger charge is -2.18. The number of sulfone groups is 1. The van der Waals surface area contributed by atoms with Crippen LogP contribution in [0.2, 0.25) is 5.02 Å². The van der Waals surface area contributed by atoms with Crippen LogP contribution in [0.15, 0.2) is 24.3 Å². The molecule has 0 saturated carbocycles. The van der Waals surface area contributed by atoms with Crippen LogP contribution < -0.4 is 10.9 Å². The molecule has 1 heterocycles. The molecule has 0 radical (unpaired) electrons. The zero-order valence-corrected chi connectivity index (χ0v) is 11.1. The Hall–Kier alpha value is -0.620. The molecule has 0 spiro atoms. The number of hydrogen-bond acceptors (Lipinski definition) is 4. The molecule has 1 aliphatic rings. The van der Waals surface area contributed by atoms with Crippen molar-refractivity contribution in [3.05, 3.63) is 34.9 Å². The van der Waals surface area contributed by atoms with Gasteiger partial charge in [-0.3, -0.25) is 5.43 Å². The van der Waals surface area contributed by atoms with Gasteiger partial charge in [0, 0.05) is 23.2 Å². The fourth-order valence-corrected chi connectivity index (χ4v) is 3.60. The summed E-state index contributed by atoms with van der Waals surface area (Å²) < 4.78 is 23.9. The highest BCUT2D eigenvalue weighted by atomic mass is 35.5. The molecular formula is C11H15ClN2O2S. The van der Waals surface area contributed by atoms with E-state index in [9.17, 15) is 8.42 Å². The lowest BCUT2D eigenvalue weighted by Crippen LogP contribution is -2.39. The Bertz CT molecular complexity index is 504. The fraction of sp³-hybridized carbons (Fsp3) is 0.455. The van der Waals surface area contributed by atoms with Crippen LogP contribution >= 0.6 is 11.6 Å². The Morgan fingerprint density at radius 2 is 2.24 bits per heavy atom. The minimum Gasteiger partial charge on any atom is -0.256 e. The van der Waals surface area contributed by atoms with Gasteiger partial charge in [-0.2, -0.15) is 0 Å². The highest BCUT2D eigenvalue weighted by Gasteiger charge is 2.37. The maximum Gasteiger partial charge on any atom is 0.167 e. The smallest absolute Gasteiger partial charge is 0.167 e. The second-order valence-electron chi connectivity index (χ2n) is 4.06. The van der Waals surface area contributed by atoms with Gasteiger partial charge in [-0.15, -0.1) is 0 Å². The lowest BCUT2D eigenvalue weighted by atomic mass is 10.0. The van der Waals surface area contributed by atoms with E-state index in [-0.39, 0.29) is 11.7 Å². The van der Waals surface area contributed by atoms with Gasteiger partial charge in [-0.25, -0.2) is 13.8 Å². The predicted molar refractivity (Wildman–Crippen MR) is 68.6 cm³/mol. The van der Waals surface area contributed by atoms with Gasteiger partial charge >= 0.3 is 0 Å². The summed E-state index contributed by atoms with van der Waals surface area (Å²) in [6, 6.07) is 7.35. The van der Waals surface area contributed by atoms with Crippen LogP contribution in [0, 0.1) is 0 Å². The second-order valence-corrected chi connectivity index (χ2v) is 6.91. The predicted octanol–water partition coefficient (Wildman–Crippen LogP) is 1.29. The molecule has 1 aromatic carbocycles. The number of hydrogen-bond donors (Lipinski definition) is 2. The first kappa shape index (κ1) is 12.8. The van der Waals surface area contributed by atoms with Gasteiger partial charge in [-0.05, 0) is 17.7 Å². The summed E-state index contributed by atoms with van der Waals surface area (Å²) in [6.07, 6.45) is 0. The third-order valence-electron chi connectivity index (χ3n) is 3.00. The van der Waals surface area contributed by atoms with Crippen molar-refractivity contribution in [2.75, 3.05) is 12.3 Å². The largest absolute Gasteiger partial charge is 0.256 e. The molecule has 2 N–H and O–H groups in total. The summed E-state index contributed by atoms with van der Waals surface area (Å²) >= 11 is 5.93. The van der Waals surface area contributed by atoms with Crippen LogP contribution in [-0.2, 0) is 9.84 Å². The number of hydrazine groups is 1. The quantitative estimate of drug-likeness (QED) is 0.872. The topological polar surface area (TPSA) is 58.2 Å². The SMILES string of the molecule is CCS(=O)(=O)C1NNCC1c1cccc(Cl)c1. The molecule has 0 aromatic heterocycles. The monoisotopic (exact) mass is 274 g/mol. The van der Waals surface area contributed by atoms with Gasteiger partial charge in [0.15, 0.2) is 9.84 Å². The van der Waals surface area contributed by atoms with E-state index in [1.54, 1.807) is 13.0 Å². The molecule has 1 fully saturated rings. The van der Waals surface area contributed by atoms with Gasteiger partial charge in [0.2, 0.25) is 0 Å². The molecule has 1 aliphatic heterocycles. The van der Waals surface area contributed by atoms with Gasteiger partial charge in [0.1, 0.15) is 5.37 Å². The summed E-state index contributed by atoms with van der Waals surface area (Å²) in [4.78, 5) is 0. The average molecular weight is 275 g/mol. The number of benzene rings is 1. The first-order valence-electron chi connectivity index (χ1n) is 5.50. The molecule has 0 amide bonds. The Kier molecular flexibility index (Phi) is 3.73. The van der Waals surface area contributed by atoms with Crippen LogP contribution in [0.4, 0.5) is 0 Å².